The van der Waals surface area contributed by atoms with E-state index in [9.17, 15) is 4.79 Å². The Morgan fingerprint density at radius 3 is 1.46 bits per heavy atom. The van der Waals surface area contributed by atoms with Gasteiger partial charge in [-0.3, -0.25) is 0 Å². The summed E-state index contributed by atoms with van der Waals surface area (Å²) in [6.07, 6.45) is 0.754. The first-order valence-corrected chi connectivity index (χ1v) is 7.84. The van der Waals surface area contributed by atoms with Crippen molar-refractivity contribution in [2.75, 3.05) is 0 Å². The fraction of sp³-hybridized carbons (Fsp3) is 0.0476. The Morgan fingerprint density at radius 1 is 0.808 bits per heavy atom. The molecular formula is C21H18NNaO3. The minimum absolute atomic E-state index is 0. The van der Waals surface area contributed by atoms with Crippen molar-refractivity contribution in [2.45, 2.75) is 5.60 Å². The summed E-state index contributed by atoms with van der Waals surface area (Å²) in [5, 5.41) is 12.6. The largest absolute Gasteiger partial charge is 1.00 e. The van der Waals surface area contributed by atoms with Gasteiger partial charge in [0, 0.05) is 16.7 Å². The number of aliphatic carboxylic acids is 1. The van der Waals surface area contributed by atoms with Crippen molar-refractivity contribution in [1.82, 2.24) is 0 Å². The Balaban J connectivity index is 0.00000182. The van der Waals surface area contributed by atoms with E-state index in [0.717, 1.165) is 22.9 Å². The summed E-state index contributed by atoms with van der Waals surface area (Å²) >= 11 is 0. The molecule has 0 radical (unpaired) electrons. The van der Waals surface area contributed by atoms with Crippen molar-refractivity contribution in [1.29, 1.82) is 0 Å². The zero-order valence-electron chi connectivity index (χ0n) is 15.4. The third kappa shape index (κ3) is 4.22. The van der Waals surface area contributed by atoms with Gasteiger partial charge < -0.3 is 11.4 Å². The van der Waals surface area contributed by atoms with Gasteiger partial charge in [0.25, 0.3) is 0 Å². The Hall–Kier alpha value is -2.40. The first-order chi connectivity index (χ1) is 12.2. The predicted molar refractivity (Wildman–Crippen MR) is 97.5 cm³/mol. The zero-order valence-corrected chi connectivity index (χ0v) is 16.4. The number of hydrogen-bond acceptors (Lipinski definition) is 3. The van der Waals surface area contributed by atoms with Crippen molar-refractivity contribution in [3.63, 3.8) is 0 Å². The molecular weight excluding hydrogens is 337 g/mol. The molecule has 0 aliphatic rings. The van der Waals surface area contributed by atoms with Gasteiger partial charge in [-0.25, -0.2) is 4.79 Å². The molecule has 0 saturated heterocycles. The summed E-state index contributed by atoms with van der Waals surface area (Å²) in [4.78, 5) is 16.8. The van der Waals surface area contributed by atoms with Crippen LogP contribution in [0.4, 0.5) is 0 Å². The number of benzene rings is 3. The molecule has 0 unspecified atom stereocenters. The van der Waals surface area contributed by atoms with Crippen molar-refractivity contribution in [2.24, 2.45) is 5.16 Å². The van der Waals surface area contributed by atoms with Gasteiger partial charge in [0.1, 0.15) is 0 Å². The first-order valence-electron chi connectivity index (χ1n) is 7.84. The molecule has 26 heavy (non-hydrogen) atoms. The minimum Gasteiger partial charge on any atom is -1.00 e. The summed E-state index contributed by atoms with van der Waals surface area (Å²) in [6, 6.07) is 28.9. The van der Waals surface area contributed by atoms with Crippen LogP contribution >= 0.6 is 0 Å². The molecule has 4 nitrogen and oxygen atoms in total. The average molecular weight is 355 g/mol. The summed E-state index contributed by atoms with van der Waals surface area (Å²) in [5.41, 5.74) is 1.52. The topological polar surface area (TPSA) is 58.9 Å². The van der Waals surface area contributed by atoms with Crippen LogP contribution in [0, 0.1) is 0 Å². The second kappa shape index (κ2) is 9.34. The Labute approximate surface area is 175 Å². The minimum atomic E-state index is -1.16. The second-order valence-electron chi connectivity index (χ2n) is 5.44. The normalized spacial score (nSPS) is 10.9. The van der Waals surface area contributed by atoms with E-state index in [1.165, 1.54) is 0 Å². The maximum absolute atomic E-state index is 10.9. The maximum Gasteiger partial charge on any atom is 1.00 e. The van der Waals surface area contributed by atoms with Gasteiger partial charge in [0.2, 0.25) is 5.60 Å². The Kier molecular flexibility index (Phi) is 7.16. The van der Waals surface area contributed by atoms with Gasteiger partial charge in [0.05, 0.1) is 0 Å². The van der Waals surface area contributed by atoms with Crippen molar-refractivity contribution in [3.05, 3.63) is 108 Å². The van der Waals surface area contributed by atoms with E-state index in [1.54, 1.807) is 0 Å². The standard InChI is InChI=1S/C21H17NO3.Na.H/c23-20(24)16-22-25-21(17-10-4-1-5-11-17,18-12-6-2-7-13-18)19-14-8-3-9-15-19;;/h1-16H,(H,23,24);;/q;+1;-1. The van der Waals surface area contributed by atoms with E-state index in [1.807, 2.05) is 91.0 Å². The third-order valence-electron chi connectivity index (χ3n) is 3.89. The van der Waals surface area contributed by atoms with E-state index in [2.05, 4.69) is 5.16 Å². The summed E-state index contributed by atoms with van der Waals surface area (Å²) in [7, 11) is 0. The summed E-state index contributed by atoms with van der Waals surface area (Å²) in [6.45, 7) is 0. The molecule has 3 aromatic carbocycles. The third-order valence-corrected chi connectivity index (χ3v) is 3.89. The fourth-order valence-corrected chi connectivity index (χ4v) is 2.83. The van der Waals surface area contributed by atoms with E-state index in [4.69, 9.17) is 9.94 Å². The molecule has 0 fully saturated rings. The molecule has 0 heterocycles. The second-order valence-corrected chi connectivity index (χ2v) is 5.44. The van der Waals surface area contributed by atoms with Crippen LogP contribution in [-0.4, -0.2) is 17.3 Å². The SMILES string of the molecule is O=C(O)C=NOC(c1ccccc1)(c1ccccc1)c1ccccc1.[H-].[Na+]. The molecule has 0 aliphatic carbocycles. The molecule has 0 bridgehead atoms. The van der Waals surface area contributed by atoms with Crippen LogP contribution in [0.5, 0.6) is 0 Å². The number of carboxylic acids is 1. The molecule has 0 amide bonds. The van der Waals surface area contributed by atoms with Crippen molar-refractivity contribution in [3.8, 4) is 0 Å². The van der Waals surface area contributed by atoms with E-state index >= 15 is 0 Å². The molecule has 1 N–H and O–H groups in total. The van der Waals surface area contributed by atoms with Crippen LogP contribution in [0.1, 0.15) is 18.1 Å². The van der Waals surface area contributed by atoms with Crippen LogP contribution in [0.25, 0.3) is 0 Å². The van der Waals surface area contributed by atoms with Crippen LogP contribution in [-0.2, 0) is 15.2 Å². The van der Waals surface area contributed by atoms with Gasteiger partial charge in [-0.05, 0) is 0 Å². The Morgan fingerprint density at radius 2 is 1.15 bits per heavy atom. The molecule has 0 atom stereocenters. The van der Waals surface area contributed by atoms with Crippen LogP contribution in [0.2, 0.25) is 0 Å². The average Bonchev–Trinajstić information content (AvgIpc) is 2.67. The number of carboxylic acid groups (broad SMARTS) is 1. The molecule has 0 spiro atoms. The van der Waals surface area contributed by atoms with Crippen molar-refractivity contribution < 1.29 is 45.7 Å². The van der Waals surface area contributed by atoms with Gasteiger partial charge in [-0.1, -0.05) is 96.2 Å². The number of hydrogen-bond donors (Lipinski definition) is 1. The molecule has 5 heteroatoms. The number of oxime groups is 1. The van der Waals surface area contributed by atoms with Gasteiger partial charge in [-0.2, -0.15) is 0 Å². The van der Waals surface area contributed by atoms with Gasteiger partial charge >= 0.3 is 35.5 Å². The van der Waals surface area contributed by atoms with Crippen LogP contribution < -0.4 is 29.6 Å². The Bertz CT molecular complexity index is 762. The summed E-state index contributed by atoms with van der Waals surface area (Å²) in [5.74, 6) is -1.16. The van der Waals surface area contributed by atoms with E-state index in [0.29, 0.717) is 0 Å². The number of carbonyl (C=O) groups is 1. The van der Waals surface area contributed by atoms with Crippen LogP contribution in [0.3, 0.4) is 0 Å². The smallest absolute Gasteiger partial charge is 1.00 e. The molecule has 3 rings (SSSR count). The van der Waals surface area contributed by atoms with Gasteiger partial charge in [-0.15, -0.1) is 0 Å². The van der Waals surface area contributed by atoms with Gasteiger partial charge in [0.15, 0.2) is 6.21 Å². The fourth-order valence-electron chi connectivity index (χ4n) is 2.83. The van der Waals surface area contributed by atoms with Crippen LogP contribution in [0.15, 0.2) is 96.2 Å². The zero-order chi connectivity index (χ0) is 17.5. The summed E-state index contributed by atoms with van der Waals surface area (Å²) < 4.78 is 0. The molecule has 126 valence electrons. The molecule has 0 aromatic heterocycles. The predicted octanol–water partition coefficient (Wildman–Crippen LogP) is 1.18. The maximum atomic E-state index is 10.9. The van der Waals surface area contributed by atoms with E-state index in [-0.39, 0.29) is 31.0 Å². The molecule has 3 aromatic rings. The monoisotopic (exact) mass is 355 g/mol. The number of nitrogens with zero attached hydrogens (tertiary/aromatic N) is 1. The van der Waals surface area contributed by atoms with E-state index < -0.39 is 11.6 Å². The quantitative estimate of drug-likeness (QED) is 0.313. The molecule has 0 aliphatic heterocycles. The first kappa shape index (κ1) is 19.9. The van der Waals surface area contributed by atoms with Crippen molar-refractivity contribution >= 4 is 12.2 Å². The molecule has 0 saturated carbocycles. The number of rotatable bonds is 6.